The lowest BCUT2D eigenvalue weighted by molar-refractivity contribution is 0.191. The van der Waals surface area contributed by atoms with E-state index in [1.807, 2.05) is 18.2 Å². The van der Waals surface area contributed by atoms with Gasteiger partial charge < -0.3 is 14.3 Å². The van der Waals surface area contributed by atoms with Gasteiger partial charge in [0.15, 0.2) is 0 Å². The van der Waals surface area contributed by atoms with E-state index in [2.05, 4.69) is 10.2 Å². The molecule has 0 bridgehead atoms. The number of methoxy groups -OCH3 is 1. The number of rotatable bonds is 4. The second kappa shape index (κ2) is 5.41. The maximum atomic E-state index is 9.84. The molecule has 2 aromatic rings. The monoisotopic (exact) mass is 266 g/mol. The van der Waals surface area contributed by atoms with Crippen molar-refractivity contribution in [1.29, 1.82) is 0 Å². The first kappa shape index (κ1) is 12.9. The van der Waals surface area contributed by atoms with Gasteiger partial charge in [-0.1, -0.05) is 6.07 Å². The summed E-state index contributed by atoms with van der Waals surface area (Å²) >= 11 is 1.31. The minimum absolute atomic E-state index is 0.447. The van der Waals surface area contributed by atoms with Crippen molar-refractivity contribution in [3.05, 3.63) is 29.7 Å². The lowest BCUT2D eigenvalue weighted by Gasteiger charge is -2.14. The van der Waals surface area contributed by atoms with Crippen LogP contribution in [0.5, 0.6) is 5.75 Å². The molecule has 96 valence electrons. The van der Waals surface area contributed by atoms with Gasteiger partial charge in [-0.25, -0.2) is 0 Å². The van der Waals surface area contributed by atoms with E-state index < -0.39 is 6.10 Å². The average molecular weight is 266 g/mol. The smallest absolute Gasteiger partial charge is 0.281 e. The minimum Gasteiger partial charge on any atom is -0.496 e. The maximum Gasteiger partial charge on any atom is 0.281 e. The van der Waals surface area contributed by atoms with Crippen molar-refractivity contribution in [2.24, 2.45) is 0 Å². The molecule has 6 heteroatoms. The molecule has 0 saturated heterocycles. The summed E-state index contributed by atoms with van der Waals surface area (Å²) in [5, 5.41) is 18.0. The van der Waals surface area contributed by atoms with Crippen molar-refractivity contribution in [2.75, 3.05) is 7.11 Å². The summed E-state index contributed by atoms with van der Waals surface area (Å²) in [6, 6.07) is 5.55. The molecule has 1 N–H and O–H groups in total. The van der Waals surface area contributed by atoms with Gasteiger partial charge in [0.25, 0.3) is 5.22 Å². The number of aliphatic hydroxyl groups excluding tert-OH is 1. The molecule has 1 aromatic heterocycles. The van der Waals surface area contributed by atoms with E-state index in [9.17, 15) is 5.11 Å². The van der Waals surface area contributed by atoms with E-state index in [-0.39, 0.29) is 0 Å². The fourth-order valence-corrected chi connectivity index (χ4v) is 2.58. The molecule has 0 fully saturated rings. The average Bonchev–Trinajstić information content (AvgIpc) is 2.74. The third kappa shape index (κ3) is 2.65. The van der Waals surface area contributed by atoms with E-state index in [4.69, 9.17) is 9.15 Å². The second-order valence-electron chi connectivity index (χ2n) is 3.74. The van der Waals surface area contributed by atoms with Gasteiger partial charge in [0, 0.05) is 17.4 Å². The molecule has 2 rings (SSSR count). The third-order valence-corrected chi connectivity index (χ3v) is 3.28. The highest BCUT2D eigenvalue weighted by Crippen LogP contribution is 2.37. The number of ether oxygens (including phenoxy) is 1. The van der Waals surface area contributed by atoms with Crippen LogP contribution in [0.3, 0.4) is 0 Å². The normalized spacial score (nSPS) is 12.4. The summed E-state index contributed by atoms with van der Waals surface area (Å²) in [6.07, 6.45) is -0.632. The minimum atomic E-state index is -0.632. The first-order chi connectivity index (χ1) is 8.61. The van der Waals surface area contributed by atoms with Gasteiger partial charge in [-0.05, 0) is 30.8 Å². The van der Waals surface area contributed by atoms with Crippen LogP contribution in [0.1, 0.15) is 24.5 Å². The first-order valence-electron chi connectivity index (χ1n) is 5.44. The molecule has 0 radical (unpaired) electrons. The molecule has 18 heavy (non-hydrogen) atoms. The van der Waals surface area contributed by atoms with E-state index in [1.54, 1.807) is 21.0 Å². The van der Waals surface area contributed by atoms with E-state index in [1.165, 1.54) is 11.8 Å². The largest absolute Gasteiger partial charge is 0.496 e. The van der Waals surface area contributed by atoms with Gasteiger partial charge in [-0.2, -0.15) is 0 Å². The Hall–Kier alpha value is -1.53. The molecule has 0 aliphatic rings. The van der Waals surface area contributed by atoms with E-state index >= 15 is 0 Å². The van der Waals surface area contributed by atoms with Crippen LogP contribution in [0.4, 0.5) is 0 Å². The highest BCUT2D eigenvalue weighted by atomic mass is 32.2. The Morgan fingerprint density at radius 1 is 1.39 bits per heavy atom. The molecular formula is C12H14N2O3S. The van der Waals surface area contributed by atoms with Crippen LogP contribution < -0.4 is 4.74 Å². The van der Waals surface area contributed by atoms with Crippen LogP contribution in [0, 0.1) is 6.92 Å². The predicted molar refractivity (Wildman–Crippen MR) is 66.8 cm³/mol. The SMILES string of the molecule is COc1cccc(Sc2nnc(C)o2)c1[C@H](C)O. The fourth-order valence-electron chi connectivity index (χ4n) is 1.62. The van der Waals surface area contributed by atoms with Crippen LogP contribution >= 0.6 is 11.8 Å². The van der Waals surface area contributed by atoms with Crippen molar-refractivity contribution < 1.29 is 14.3 Å². The van der Waals surface area contributed by atoms with E-state index in [0.29, 0.717) is 16.9 Å². The van der Waals surface area contributed by atoms with Crippen LogP contribution in [0.15, 0.2) is 32.7 Å². The number of hydrogen-bond acceptors (Lipinski definition) is 6. The van der Waals surface area contributed by atoms with Gasteiger partial charge in [-0.3, -0.25) is 0 Å². The van der Waals surface area contributed by atoms with Crippen LogP contribution in [-0.2, 0) is 0 Å². The van der Waals surface area contributed by atoms with Gasteiger partial charge in [0.2, 0.25) is 5.89 Å². The van der Waals surface area contributed by atoms with Crippen molar-refractivity contribution in [1.82, 2.24) is 10.2 Å². The second-order valence-corrected chi connectivity index (χ2v) is 4.73. The molecule has 5 nitrogen and oxygen atoms in total. The number of aromatic nitrogens is 2. The van der Waals surface area contributed by atoms with Crippen LogP contribution in [-0.4, -0.2) is 22.4 Å². The lowest BCUT2D eigenvalue weighted by atomic mass is 10.1. The van der Waals surface area contributed by atoms with Crippen LogP contribution in [0.25, 0.3) is 0 Å². The molecule has 0 spiro atoms. The number of nitrogens with zero attached hydrogens (tertiary/aromatic N) is 2. The van der Waals surface area contributed by atoms with Gasteiger partial charge >= 0.3 is 0 Å². The van der Waals surface area contributed by atoms with Gasteiger partial charge in [-0.15, -0.1) is 10.2 Å². The van der Waals surface area contributed by atoms with Gasteiger partial charge in [0.05, 0.1) is 13.2 Å². The summed E-state index contributed by atoms with van der Waals surface area (Å²) in [7, 11) is 1.58. The lowest BCUT2D eigenvalue weighted by Crippen LogP contribution is -1.98. The van der Waals surface area contributed by atoms with Gasteiger partial charge in [0.1, 0.15) is 5.75 Å². The highest BCUT2D eigenvalue weighted by Gasteiger charge is 2.16. The molecule has 0 aliphatic carbocycles. The molecule has 0 amide bonds. The van der Waals surface area contributed by atoms with Crippen molar-refractivity contribution in [2.45, 2.75) is 30.1 Å². The van der Waals surface area contributed by atoms with E-state index in [0.717, 1.165) is 10.5 Å². The van der Waals surface area contributed by atoms with Crippen molar-refractivity contribution >= 4 is 11.8 Å². The summed E-state index contributed by atoms with van der Waals surface area (Å²) in [4.78, 5) is 0.841. The summed E-state index contributed by atoms with van der Waals surface area (Å²) in [5.74, 6) is 1.16. The molecule has 0 unspecified atom stereocenters. The fraction of sp³-hybridized carbons (Fsp3) is 0.333. The molecule has 1 aromatic carbocycles. The molecular weight excluding hydrogens is 252 g/mol. The van der Waals surface area contributed by atoms with Crippen molar-refractivity contribution in [3.63, 3.8) is 0 Å². The standard InChI is InChI=1S/C12H14N2O3S/c1-7(15)11-9(16-3)5-4-6-10(11)18-12-14-13-8(2)17-12/h4-7,15H,1-3H3/t7-/m0/s1. The zero-order valence-electron chi connectivity index (χ0n) is 10.4. The zero-order valence-corrected chi connectivity index (χ0v) is 11.2. The number of aryl methyl sites for hydroxylation is 1. The number of hydrogen-bond donors (Lipinski definition) is 1. The Kier molecular flexibility index (Phi) is 3.88. The number of benzene rings is 1. The highest BCUT2D eigenvalue weighted by molar-refractivity contribution is 7.99. The Labute approximate surface area is 109 Å². The Morgan fingerprint density at radius 3 is 2.72 bits per heavy atom. The number of aliphatic hydroxyl groups is 1. The zero-order chi connectivity index (χ0) is 13.1. The Bertz CT molecular complexity index is 540. The Morgan fingerprint density at radius 2 is 2.17 bits per heavy atom. The van der Waals surface area contributed by atoms with Crippen LogP contribution in [0.2, 0.25) is 0 Å². The topological polar surface area (TPSA) is 68.4 Å². The predicted octanol–water partition coefficient (Wildman–Crippen LogP) is 2.59. The summed E-state index contributed by atoms with van der Waals surface area (Å²) in [5.41, 5.74) is 0.723. The molecule has 0 saturated carbocycles. The third-order valence-electron chi connectivity index (χ3n) is 2.37. The summed E-state index contributed by atoms with van der Waals surface area (Å²) in [6.45, 7) is 3.43. The molecule has 1 atom stereocenters. The van der Waals surface area contributed by atoms with Crippen molar-refractivity contribution in [3.8, 4) is 5.75 Å². The molecule has 0 aliphatic heterocycles. The quantitative estimate of drug-likeness (QED) is 0.917. The summed E-state index contributed by atoms with van der Waals surface area (Å²) < 4.78 is 10.6. The first-order valence-corrected chi connectivity index (χ1v) is 6.26. The maximum absolute atomic E-state index is 9.84. The Balaban J connectivity index is 2.37. The molecule has 1 heterocycles.